The summed E-state index contributed by atoms with van der Waals surface area (Å²) in [4.78, 5) is 19.2. The maximum absolute atomic E-state index is 12.2. The Morgan fingerprint density at radius 3 is 3.05 bits per heavy atom. The first-order chi connectivity index (χ1) is 9.15. The summed E-state index contributed by atoms with van der Waals surface area (Å²) in [5, 5.41) is 7.36. The van der Waals surface area contributed by atoms with Crippen molar-refractivity contribution in [1.82, 2.24) is 19.7 Å². The van der Waals surface area contributed by atoms with Gasteiger partial charge in [-0.2, -0.15) is 10.1 Å². The fraction of sp³-hybridized carbons (Fsp3) is 0.0833. The molecule has 96 valence electrons. The van der Waals surface area contributed by atoms with Gasteiger partial charge in [-0.15, -0.1) is 0 Å². The van der Waals surface area contributed by atoms with Gasteiger partial charge in [0.15, 0.2) is 0 Å². The number of carbonyl (C=O) groups is 1. The third kappa shape index (κ3) is 1.90. The molecule has 0 atom stereocenters. The molecule has 4 N–H and O–H groups in total. The number of anilines is 2. The number of aromatic amines is 1. The zero-order valence-corrected chi connectivity index (χ0v) is 10.2. The van der Waals surface area contributed by atoms with Crippen LogP contribution in [0.25, 0.3) is 10.9 Å². The first-order valence-electron chi connectivity index (χ1n) is 5.67. The second-order valence-electron chi connectivity index (χ2n) is 4.17. The largest absolute Gasteiger partial charge is 0.399 e. The van der Waals surface area contributed by atoms with Gasteiger partial charge in [0.05, 0.1) is 5.56 Å². The molecule has 0 unspecified atom stereocenters. The highest BCUT2D eigenvalue weighted by Crippen LogP contribution is 2.21. The van der Waals surface area contributed by atoms with Gasteiger partial charge in [-0.3, -0.25) is 10.1 Å². The Morgan fingerprint density at radius 2 is 2.32 bits per heavy atom. The quantitative estimate of drug-likeness (QED) is 0.598. The topological polar surface area (TPSA) is 102 Å². The van der Waals surface area contributed by atoms with Crippen molar-refractivity contribution in [1.29, 1.82) is 0 Å². The van der Waals surface area contributed by atoms with Crippen LogP contribution in [0.1, 0.15) is 10.4 Å². The van der Waals surface area contributed by atoms with Gasteiger partial charge in [-0.25, -0.2) is 4.68 Å². The zero-order chi connectivity index (χ0) is 13.4. The van der Waals surface area contributed by atoms with Crippen LogP contribution >= 0.6 is 0 Å². The van der Waals surface area contributed by atoms with Crippen molar-refractivity contribution in [2.45, 2.75) is 0 Å². The molecule has 0 aliphatic carbocycles. The minimum atomic E-state index is -0.257. The molecule has 0 saturated heterocycles. The molecule has 2 aromatic heterocycles. The molecule has 0 aliphatic rings. The van der Waals surface area contributed by atoms with E-state index in [1.807, 2.05) is 6.07 Å². The standard InChI is InChI=1S/C12H12N6O/c1-18-12(15-6-16-18)17-11(19)9-5-14-10-3-2-7(13)4-8(9)10/h2-6,14H,13H2,1H3,(H,15,16,17,19). The Labute approximate surface area is 108 Å². The first kappa shape index (κ1) is 11.3. The van der Waals surface area contributed by atoms with Crippen molar-refractivity contribution in [3.8, 4) is 0 Å². The summed E-state index contributed by atoms with van der Waals surface area (Å²) in [5.41, 5.74) is 7.73. The maximum atomic E-state index is 12.2. The molecule has 7 nitrogen and oxygen atoms in total. The van der Waals surface area contributed by atoms with Gasteiger partial charge in [-0.1, -0.05) is 0 Å². The number of amides is 1. The summed E-state index contributed by atoms with van der Waals surface area (Å²) in [6.45, 7) is 0. The number of aromatic nitrogens is 4. The van der Waals surface area contributed by atoms with Gasteiger partial charge in [-0.05, 0) is 18.2 Å². The van der Waals surface area contributed by atoms with Crippen molar-refractivity contribution in [2.24, 2.45) is 7.05 Å². The van der Waals surface area contributed by atoms with Gasteiger partial charge in [0.25, 0.3) is 5.91 Å². The van der Waals surface area contributed by atoms with Crippen molar-refractivity contribution in [2.75, 3.05) is 11.1 Å². The van der Waals surface area contributed by atoms with Crippen LogP contribution in [-0.4, -0.2) is 25.7 Å². The van der Waals surface area contributed by atoms with E-state index in [0.717, 1.165) is 10.9 Å². The molecule has 7 heteroatoms. The third-order valence-corrected chi connectivity index (χ3v) is 2.89. The summed E-state index contributed by atoms with van der Waals surface area (Å²) >= 11 is 0. The normalized spacial score (nSPS) is 10.8. The highest BCUT2D eigenvalue weighted by Gasteiger charge is 2.14. The lowest BCUT2D eigenvalue weighted by molar-refractivity contribution is 0.102. The summed E-state index contributed by atoms with van der Waals surface area (Å²) in [6, 6.07) is 5.38. The monoisotopic (exact) mass is 256 g/mol. The minimum absolute atomic E-state index is 0.257. The van der Waals surface area contributed by atoms with Crippen molar-refractivity contribution in [3.63, 3.8) is 0 Å². The number of nitrogens with zero attached hydrogens (tertiary/aromatic N) is 3. The Balaban J connectivity index is 1.98. The Morgan fingerprint density at radius 1 is 1.47 bits per heavy atom. The number of rotatable bonds is 2. The summed E-state index contributed by atoms with van der Waals surface area (Å²) in [5.74, 6) is 0.135. The van der Waals surface area contributed by atoms with Crippen molar-refractivity contribution in [3.05, 3.63) is 36.3 Å². The van der Waals surface area contributed by atoms with Crippen LogP contribution in [0.3, 0.4) is 0 Å². The average Bonchev–Trinajstić information content (AvgIpc) is 2.96. The smallest absolute Gasteiger partial charge is 0.260 e. The molecule has 1 amide bonds. The van der Waals surface area contributed by atoms with E-state index in [1.165, 1.54) is 11.0 Å². The van der Waals surface area contributed by atoms with E-state index in [-0.39, 0.29) is 5.91 Å². The number of carbonyl (C=O) groups excluding carboxylic acids is 1. The Bertz CT molecular complexity index is 757. The molecule has 0 saturated carbocycles. The molecule has 0 bridgehead atoms. The van der Waals surface area contributed by atoms with E-state index in [9.17, 15) is 4.79 Å². The van der Waals surface area contributed by atoms with Gasteiger partial charge >= 0.3 is 0 Å². The number of fused-ring (bicyclic) bond motifs is 1. The van der Waals surface area contributed by atoms with Crippen LogP contribution in [0.2, 0.25) is 0 Å². The van der Waals surface area contributed by atoms with Gasteiger partial charge in [0.1, 0.15) is 6.33 Å². The van der Waals surface area contributed by atoms with Crippen LogP contribution in [-0.2, 0) is 7.05 Å². The fourth-order valence-corrected chi connectivity index (χ4v) is 1.90. The fourth-order valence-electron chi connectivity index (χ4n) is 1.90. The van der Waals surface area contributed by atoms with Crippen LogP contribution in [0.5, 0.6) is 0 Å². The number of nitrogens with two attached hydrogens (primary N) is 1. The van der Waals surface area contributed by atoms with Crippen LogP contribution in [0, 0.1) is 0 Å². The van der Waals surface area contributed by atoms with Gasteiger partial charge in [0.2, 0.25) is 5.95 Å². The summed E-state index contributed by atoms with van der Waals surface area (Å²) < 4.78 is 1.49. The number of hydrogen-bond acceptors (Lipinski definition) is 4. The Kier molecular flexibility index (Phi) is 2.45. The number of H-pyrrole nitrogens is 1. The molecule has 3 aromatic rings. The molecular weight excluding hydrogens is 244 g/mol. The Hall–Kier alpha value is -2.83. The van der Waals surface area contributed by atoms with E-state index in [4.69, 9.17) is 5.73 Å². The van der Waals surface area contributed by atoms with E-state index in [0.29, 0.717) is 17.2 Å². The number of nitrogens with one attached hydrogen (secondary N) is 2. The van der Waals surface area contributed by atoms with E-state index in [2.05, 4.69) is 20.4 Å². The summed E-state index contributed by atoms with van der Waals surface area (Å²) in [6.07, 6.45) is 3.03. The molecule has 1 aromatic carbocycles. The molecule has 3 rings (SSSR count). The predicted molar refractivity (Wildman–Crippen MR) is 71.7 cm³/mol. The van der Waals surface area contributed by atoms with E-state index >= 15 is 0 Å². The lowest BCUT2D eigenvalue weighted by Crippen LogP contribution is -2.15. The molecule has 0 aliphatic heterocycles. The first-order valence-corrected chi connectivity index (χ1v) is 5.67. The highest BCUT2D eigenvalue weighted by atomic mass is 16.1. The molecule has 19 heavy (non-hydrogen) atoms. The van der Waals surface area contributed by atoms with Crippen LogP contribution in [0.4, 0.5) is 11.6 Å². The number of aryl methyl sites for hydroxylation is 1. The molecule has 0 fully saturated rings. The summed E-state index contributed by atoms with van der Waals surface area (Å²) in [7, 11) is 1.70. The van der Waals surface area contributed by atoms with E-state index in [1.54, 1.807) is 25.4 Å². The second kappa shape index (κ2) is 4.13. The predicted octanol–water partition coefficient (Wildman–Crippen LogP) is 1.13. The highest BCUT2D eigenvalue weighted by molar-refractivity contribution is 6.12. The van der Waals surface area contributed by atoms with Gasteiger partial charge in [0, 0.05) is 29.8 Å². The number of hydrogen-bond donors (Lipinski definition) is 3. The maximum Gasteiger partial charge on any atom is 0.260 e. The molecular formula is C12H12N6O. The number of nitrogen functional groups attached to an aromatic ring is 1. The molecule has 2 heterocycles. The lowest BCUT2D eigenvalue weighted by Gasteiger charge is -2.03. The average molecular weight is 256 g/mol. The van der Waals surface area contributed by atoms with Crippen molar-refractivity contribution < 1.29 is 4.79 Å². The molecule has 0 radical (unpaired) electrons. The van der Waals surface area contributed by atoms with Crippen LogP contribution in [0.15, 0.2) is 30.7 Å². The number of benzene rings is 1. The lowest BCUT2D eigenvalue weighted by atomic mass is 10.1. The van der Waals surface area contributed by atoms with Crippen LogP contribution < -0.4 is 11.1 Å². The van der Waals surface area contributed by atoms with E-state index < -0.39 is 0 Å². The zero-order valence-electron chi connectivity index (χ0n) is 10.2. The second-order valence-corrected chi connectivity index (χ2v) is 4.17. The molecule has 0 spiro atoms. The third-order valence-electron chi connectivity index (χ3n) is 2.89. The SMILES string of the molecule is Cn1ncnc1NC(=O)c1c[nH]c2ccc(N)cc12. The van der Waals surface area contributed by atoms with Crippen molar-refractivity contribution >= 4 is 28.4 Å². The minimum Gasteiger partial charge on any atom is -0.399 e. The van der Waals surface area contributed by atoms with Gasteiger partial charge < -0.3 is 10.7 Å².